The predicted octanol–water partition coefficient (Wildman–Crippen LogP) is 2.03. The number of likely N-dealkylation sites (N-methyl/N-ethyl adjacent to an activating group) is 2. The second kappa shape index (κ2) is 14.4. The molecule has 31 heavy (non-hydrogen) atoms. The zero-order chi connectivity index (χ0) is 24.3. The van der Waals surface area contributed by atoms with E-state index in [9.17, 15) is 14.4 Å². The van der Waals surface area contributed by atoms with Gasteiger partial charge in [-0.1, -0.05) is 48.0 Å². The van der Waals surface area contributed by atoms with Crippen LogP contribution in [0.25, 0.3) is 0 Å². The van der Waals surface area contributed by atoms with Crippen LogP contribution in [0.3, 0.4) is 0 Å². The monoisotopic (exact) mass is 444 g/mol. The highest BCUT2D eigenvalue weighted by molar-refractivity contribution is 5.90. The Bertz CT molecular complexity index is 574. The van der Waals surface area contributed by atoms with Gasteiger partial charge >= 0.3 is 0 Å². The van der Waals surface area contributed by atoms with Crippen LogP contribution >= 0.6 is 0 Å². The predicted molar refractivity (Wildman–Crippen MR) is 127 cm³/mol. The lowest BCUT2D eigenvalue weighted by atomic mass is 9.89. The maximum atomic E-state index is 13.5. The number of nitrogens with one attached hydrogen (secondary N) is 3. The first-order chi connectivity index (χ1) is 14.5. The van der Waals surface area contributed by atoms with E-state index in [1.165, 1.54) is 0 Å². The molecule has 0 aliphatic carbocycles. The van der Waals surface area contributed by atoms with Gasteiger partial charge in [0.1, 0.15) is 6.04 Å². The number of carbonyl (C=O) groups is 3. The SMILES string of the molecule is CCNC(=O)C[C@@H](OC)C([C@@H](C)CC)N(C)C(=O)[C@@H](NC(=O)[C@@H](NC)C(C)C)C(C)C.[HH]. The molecule has 0 saturated carbocycles. The van der Waals surface area contributed by atoms with E-state index in [2.05, 4.69) is 29.8 Å². The maximum Gasteiger partial charge on any atom is 0.245 e. The van der Waals surface area contributed by atoms with Crippen molar-refractivity contribution in [2.45, 2.75) is 85.5 Å². The average Bonchev–Trinajstić information content (AvgIpc) is 2.70. The lowest BCUT2D eigenvalue weighted by molar-refractivity contribution is -0.144. The molecule has 0 heterocycles. The molecule has 0 radical (unpaired) electrons. The van der Waals surface area contributed by atoms with Crippen LogP contribution in [0.15, 0.2) is 0 Å². The number of hydrogen-bond donors (Lipinski definition) is 3. The van der Waals surface area contributed by atoms with E-state index in [-0.39, 0.29) is 55.4 Å². The van der Waals surface area contributed by atoms with Gasteiger partial charge in [-0.25, -0.2) is 0 Å². The van der Waals surface area contributed by atoms with Gasteiger partial charge in [0.05, 0.1) is 24.6 Å². The summed E-state index contributed by atoms with van der Waals surface area (Å²) in [5.41, 5.74) is 0. The first-order valence-corrected chi connectivity index (χ1v) is 11.5. The molecule has 184 valence electrons. The number of carbonyl (C=O) groups excluding carboxylic acids is 3. The van der Waals surface area contributed by atoms with Gasteiger partial charge in [0.15, 0.2) is 0 Å². The number of hydrogen-bond acceptors (Lipinski definition) is 5. The molecule has 0 saturated heterocycles. The number of ether oxygens (including phenoxy) is 1. The summed E-state index contributed by atoms with van der Waals surface area (Å²) < 4.78 is 5.68. The molecule has 0 fully saturated rings. The summed E-state index contributed by atoms with van der Waals surface area (Å²) in [5, 5.41) is 8.77. The van der Waals surface area contributed by atoms with Crippen LogP contribution in [0.4, 0.5) is 0 Å². The van der Waals surface area contributed by atoms with Crippen molar-refractivity contribution >= 4 is 17.7 Å². The summed E-state index contributed by atoms with van der Waals surface area (Å²) in [7, 11) is 5.05. The van der Waals surface area contributed by atoms with Crippen LogP contribution in [-0.2, 0) is 19.1 Å². The molecule has 0 aromatic rings. The Kier molecular flexibility index (Phi) is 13.6. The highest BCUT2D eigenvalue weighted by Gasteiger charge is 2.38. The second-order valence-electron chi connectivity index (χ2n) is 9.00. The summed E-state index contributed by atoms with van der Waals surface area (Å²) in [6.07, 6.45) is 0.552. The molecular formula is C23H48N4O4. The minimum Gasteiger partial charge on any atom is -0.379 e. The van der Waals surface area contributed by atoms with Crippen molar-refractivity contribution < 1.29 is 20.5 Å². The summed E-state index contributed by atoms with van der Waals surface area (Å²) in [6, 6.07) is -1.34. The molecule has 0 rings (SSSR count). The van der Waals surface area contributed by atoms with E-state index in [1.807, 2.05) is 34.6 Å². The number of amides is 3. The van der Waals surface area contributed by atoms with E-state index < -0.39 is 12.1 Å². The van der Waals surface area contributed by atoms with Gasteiger partial charge in [0.2, 0.25) is 17.7 Å². The van der Waals surface area contributed by atoms with Crippen molar-refractivity contribution in [3.8, 4) is 0 Å². The van der Waals surface area contributed by atoms with Crippen LogP contribution < -0.4 is 16.0 Å². The van der Waals surface area contributed by atoms with Crippen LogP contribution in [0.5, 0.6) is 0 Å². The number of rotatable bonds is 14. The second-order valence-corrected chi connectivity index (χ2v) is 9.00. The zero-order valence-corrected chi connectivity index (χ0v) is 21.2. The van der Waals surface area contributed by atoms with E-state index >= 15 is 0 Å². The normalized spacial score (nSPS) is 16.4. The minimum absolute atomic E-state index is 0. The molecule has 3 amide bonds. The maximum absolute atomic E-state index is 13.5. The lowest BCUT2D eigenvalue weighted by Crippen LogP contribution is -2.59. The highest BCUT2D eigenvalue weighted by atomic mass is 16.5. The fourth-order valence-electron chi connectivity index (χ4n) is 3.92. The molecule has 3 N–H and O–H groups in total. The Labute approximate surface area is 190 Å². The quantitative estimate of drug-likeness (QED) is 0.381. The van der Waals surface area contributed by atoms with E-state index in [0.29, 0.717) is 6.54 Å². The van der Waals surface area contributed by atoms with Crippen molar-refractivity contribution in [3.05, 3.63) is 0 Å². The average molecular weight is 445 g/mol. The summed E-state index contributed by atoms with van der Waals surface area (Å²) in [5.74, 6) is -0.364. The molecule has 0 aromatic heterocycles. The van der Waals surface area contributed by atoms with Crippen molar-refractivity contribution in [2.75, 3.05) is 27.7 Å². The first-order valence-electron chi connectivity index (χ1n) is 11.5. The van der Waals surface area contributed by atoms with Crippen molar-refractivity contribution in [3.63, 3.8) is 0 Å². The smallest absolute Gasteiger partial charge is 0.245 e. The van der Waals surface area contributed by atoms with E-state index in [0.717, 1.165) is 6.42 Å². The van der Waals surface area contributed by atoms with Gasteiger partial charge in [-0.05, 0) is 31.7 Å². The van der Waals surface area contributed by atoms with Gasteiger partial charge < -0.3 is 25.6 Å². The van der Waals surface area contributed by atoms with E-state index in [4.69, 9.17) is 4.74 Å². The highest BCUT2D eigenvalue weighted by Crippen LogP contribution is 2.23. The fraction of sp³-hybridized carbons (Fsp3) is 0.870. The van der Waals surface area contributed by atoms with Crippen molar-refractivity contribution in [1.82, 2.24) is 20.9 Å². The number of methoxy groups -OCH3 is 1. The van der Waals surface area contributed by atoms with E-state index in [1.54, 1.807) is 26.1 Å². The Hall–Kier alpha value is -1.67. The van der Waals surface area contributed by atoms with Gasteiger partial charge in [0.25, 0.3) is 0 Å². The van der Waals surface area contributed by atoms with Crippen LogP contribution in [0, 0.1) is 17.8 Å². The molecule has 0 aliphatic heterocycles. The zero-order valence-electron chi connectivity index (χ0n) is 21.2. The van der Waals surface area contributed by atoms with Gasteiger partial charge in [-0.2, -0.15) is 0 Å². The molecule has 0 aromatic carbocycles. The summed E-state index contributed by atoms with van der Waals surface area (Å²) >= 11 is 0. The summed E-state index contributed by atoms with van der Waals surface area (Å²) in [6.45, 7) is 14.3. The summed E-state index contributed by atoms with van der Waals surface area (Å²) in [4.78, 5) is 40.2. The molecule has 0 aliphatic rings. The van der Waals surface area contributed by atoms with Gasteiger partial charge in [0, 0.05) is 22.1 Å². The van der Waals surface area contributed by atoms with Crippen molar-refractivity contribution in [2.24, 2.45) is 17.8 Å². The molecule has 0 bridgehead atoms. The minimum atomic E-state index is -0.666. The molecular weight excluding hydrogens is 396 g/mol. The Morgan fingerprint density at radius 3 is 1.94 bits per heavy atom. The van der Waals surface area contributed by atoms with Gasteiger partial charge in [-0.3, -0.25) is 14.4 Å². The van der Waals surface area contributed by atoms with Gasteiger partial charge in [-0.15, -0.1) is 0 Å². The third-order valence-corrected chi connectivity index (χ3v) is 5.96. The Balaban J connectivity index is 0. The molecule has 8 heteroatoms. The third kappa shape index (κ3) is 8.77. The third-order valence-electron chi connectivity index (χ3n) is 5.96. The largest absolute Gasteiger partial charge is 0.379 e. The molecule has 0 spiro atoms. The Morgan fingerprint density at radius 1 is 1.00 bits per heavy atom. The number of nitrogens with zero attached hydrogens (tertiary/aromatic N) is 1. The van der Waals surface area contributed by atoms with Crippen LogP contribution in [-0.4, -0.2) is 74.6 Å². The lowest BCUT2D eigenvalue weighted by Gasteiger charge is -2.40. The van der Waals surface area contributed by atoms with Crippen molar-refractivity contribution in [1.29, 1.82) is 0 Å². The van der Waals surface area contributed by atoms with Crippen LogP contribution in [0.2, 0.25) is 0 Å². The fourth-order valence-corrected chi connectivity index (χ4v) is 3.92. The molecule has 1 unspecified atom stereocenters. The molecule has 8 nitrogen and oxygen atoms in total. The molecule has 5 atom stereocenters. The topological polar surface area (TPSA) is 99.8 Å². The van der Waals surface area contributed by atoms with Crippen LogP contribution in [0.1, 0.15) is 62.7 Å². The first kappa shape index (κ1) is 29.3. The Morgan fingerprint density at radius 2 is 1.55 bits per heavy atom. The standard InChI is InChI=1S/C23H46N4O4.H2/c1-11-16(7)21(17(31-10)13-18(28)25-12-2)27(9)23(30)20(15(5)6)26-22(29)19(24-8)14(3)4;/h14-17,19-21,24H,11-13H2,1-10H3,(H,25,28)(H,26,29);1H/t16-,17+,19-,20-,21?;/m0./s1.